The minimum atomic E-state index is -0.813. The van der Waals surface area contributed by atoms with Crippen LogP contribution in [-0.2, 0) is 11.2 Å². The Balaban J connectivity index is 2.64. The Kier molecular flexibility index (Phi) is 3.28. The zero-order valence-electron chi connectivity index (χ0n) is 10.8. The first-order chi connectivity index (χ1) is 8.52. The summed E-state index contributed by atoms with van der Waals surface area (Å²) in [6.07, 6.45) is 0.0369. The Morgan fingerprint density at radius 3 is 2.67 bits per heavy atom. The largest absolute Gasteiger partial charge is 0.497 e. The Hall–Kier alpha value is -1.97. The molecule has 2 aromatic rings. The maximum absolute atomic E-state index is 10.9. The lowest BCUT2D eigenvalue weighted by Crippen LogP contribution is -2.09. The molecule has 0 atom stereocenters. The lowest BCUT2D eigenvalue weighted by Gasteiger charge is -2.14. The minimum Gasteiger partial charge on any atom is -0.497 e. The molecule has 4 heteroatoms. The van der Waals surface area contributed by atoms with Crippen LogP contribution in [0, 0.1) is 0 Å². The molecule has 1 aromatic carbocycles. The first kappa shape index (κ1) is 12.5. The van der Waals surface area contributed by atoms with E-state index in [4.69, 9.17) is 9.84 Å². The van der Waals surface area contributed by atoms with Gasteiger partial charge in [-0.15, -0.1) is 0 Å². The molecule has 18 heavy (non-hydrogen) atoms. The summed E-state index contributed by atoms with van der Waals surface area (Å²) in [5.74, 6) is -0.0314. The maximum Gasteiger partial charge on any atom is 0.309 e. The minimum absolute atomic E-state index is 0.0369. The molecule has 0 spiro atoms. The van der Waals surface area contributed by atoms with Gasteiger partial charge in [-0.2, -0.15) is 0 Å². The number of ether oxygens (including phenoxy) is 1. The average molecular weight is 247 g/mol. The van der Waals surface area contributed by atoms with Gasteiger partial charge in [0.05, 0.1) is 19.0 Å². The maximum atomic E-state index is 10.9. The van der Waals surface area contributed by atoms with Gasteiger partial charge >= 0.3 is 5.97 Å². The topological polar surface area (TPSA) is 51.5 Å². The van der Waals surface area contributed by atoms with Gasteiger partial charge in [0.15, 0.2) is 0 Å². The lowest BCUT2D eigenvalue weighted by molar-refractivity contribution is -0.136. The van der Waals surface area contributed by atoms with Gasteiger partial charge in [-0.25, -0.2) is 0 Å². The number of aliphatic carboxylic acids is 1. The second-order valence-corrected chi connectivity index (χ2v) is 4.59. The van der Waals surface area contributed by atoms with Crippen molar-refractivity contribution in [1.29, 1.82) is 0 Å². The van der Waals surface area contributed by atoms with Gasteiger partial charge in [0, 0.05) is 23.2 Å². The number of hydrogen-bond donors (Lipinski definition) is 1. The molecule has 1 N–H and O–H groups in total. The number of aromatic nitrogens is 1. The van der Waals surface area contributed by atoms with E-state index in [9.17, 15) is 4.79 Å². The number of carbonyl (C=O) groups is 1. The molecule has 0 aliphatic rings. The second-order valence-electron chi connectivity index (χ2n) is 4.59. The molecule has 0 fully saturated rings. The highest BCUT2D eigenvalue weighted by Gasteiger charge is 2.14. The van der Waals surface area contributed by atoms with Crippen LogP contribution in [0.5, 0.6) is 5.75 Å². The molecule has 1 aromatic heterocycles. The van der Waals surface area contributed by atoms with Crippen molar-refractivity contribution in [3.05, 3.63) is 30.0 Å². The van der Waals surface area contributed by atoms with Crippen LogP contribution in [0.15, 0.2) is 24.3 Å². The van der Waals surface area contributed by atoms with Gasteiger partial charge in [0.2, 0.25) is 0 Å². The third-order valence-electron chi connectivity index (χ3n) is 2.98. The van der Waals surface area contributed by atoms with Gasteiger partial charge in [-0.3, -0.25) is 4.79 Å². The van der Waals surface area contributed by atoms with Crippen LogP contribution in [0.3, 0.4) is 0 Å². The number of hydrogen-bond acceptors (Lipinski definition) is 2. The highest BCUT2D eigenvalue weighted by Crippen LogP contribution is 2.27. The zero-order valence-corrected chi connectivity index (χ0v) is 10.8. The fourth-order valence-corrected chi connectivity index (χ4v) is 2.29. The number of nitrogens with zero attached hydrogens (tertiary/aromatic N) is 1. The fraction of sp³-hybridized carbons (Fsp3) is 0.357. The molecule has 4 nitrogen and oxygen atoms in total. The van der Waals surface area contributed by atoms with Crippen LogP contribution in [0.1, 0.15) is 25.6 Å². The van der Waals surface area contributed by atoms with E-state index in [2.05, 4.69) is 0 Å². The molecular weight excluding hydrogens is 230 g/mol. The van der Waals surface area contributed by atoms with E-state index in [1.165, 1.54) is 0 Å². The summed E-state index contributed by atoms with van der Waals surface area (Å²) in [5.41, 5.74) is 1.83. The first-order valence-electron chi connectivity index (χ1n) is 5.92. The van der Waals surface area contributed by atoms with Crippen molar-refractivity contribution in [3.63, 3.8) is 0 Å². The molecule has 0 radical (unpaired) electrons. The monoisotopic (exact) mass is 247 g/mol. The van der Waals surface area contributed by atoms with E-state index in [1.54, 1.807) is 7.11 Å². The highest BCUT2D eigenvalue weighted by atomic mass is 16.5. The third-order valence-corrected chi connectivity index (χ3v) is 2.98. The van der Waals surface area contributed by atoms with Crippen molar-refractivity contribution < 1.29 is 14.6 Å². The zero-order chi connectivity index (χ0) is 13.3. The van der Waals surface area contributed by atoms with Crippen molar-refractivity contribution in [2.24, 2.45) is 0 Å². The molecule has 0 unspecified atom stereocenters. The van der Waals surface area contributed by atoms with E-state index in [0.29, 0.717) is 0 Å². The van der Waals surface area contributed by atoms with Crippen molar-refractivity contribution in [2.75, 3.05) is 7.11 Å². The molecular formula is C14H17NO3. The van der Waals surface area contributed by atoms with Crippen molar-refractivity contribution in [3.8, 4) is 5.75 Å². The fourth-order valence-electron chi connectivity index (χ4n) is 2.29. The predicted molar refractivity (Wildman–Crippen MR) is 70.2 cm³/mol. The Labute approximate surface area is 106 Å². The number of benzene rings is 1. The average Bonchev–Trinajstić information content (AvgIpc) is 2.64. The summed E-state index contributed by atoms with van der Waals surface area (Å²) in [6, 6.07) is 7.93. The number of rotatable bonds is 4. The van der Waals surface area contributed by atoms with Crippen molar-refractivity contribution in [2.45, 2.75) is 26.3 Å². The predicted octanol–water partition coefficient (Wildman–Crippen LogP) is 2.86. The molecule has 0 saturated heterocycles. The lowest BCUT2D eigenvalue weighted by atomic mass is 10.2. The van der Waals surface area contributed by atoms with Crippen molar-refractivity contribution in [1.82, 2.24) is 4.57 Å². The van der Waals surface area contributed by atoms with Crippen LogP contribution in [0.2, 0.25) is 0 Å². The van der Waals surface area contributed by atoms with Crippen LogP contribution < -0.4 is 4.74 Å². The molecule has 0 aliphatic heterocycles. The standard InChI is InChI=1S/C14H17NO3/c1-9(2)15-11(7-14(16)17)6-10-4-5-12(18-3)8-13(10)15/h4-6,8-9H,7H2,1-3H3,(H,16,17). The van der Waals surface area contributed by atoms with Crippen LogP contribution in [0.25, 0.3) is 10.9 Å². The molecule has 2 rings (SSSR count). The highest BCUT2D eigenvalue weighted by molar-refractivity contribution is 5.84. The summed E-state index contributed by atoms with van der Waals surface area (Å²) < 4.78 is 7.27. The van der Waals surface area contributed by atoms with Gasteiger partial charge in [-0.05, 0) is 32.0 Å². The molecule has 96 valence electrons. The van der Waals surface area contributed by atoms with Crippen LogP contribution >= 0.6 is 0 Å². The first-order valence-corrected chi connectivity index (χ1v) is 5.92. The third kappa shape index (κ3) is 2.18. The molecule has 0 saturated carbocycles. The normalized spacial score (nSPS) is 11.1. The van der Waals surface area contributed by atoms with Gasteiger partial charge in [0.1, 0.15) is 5.75 Å². The summed E-state index contributed by atoms with van der Waals surface area (Å²) in [4.78, 5) is 10.9. The summed E-state index contributed by atoms with van der Waals surface area (Å²) in [6.45, 7) is 4.09. The molecule has 1 heterocycles. The molecule has 0 amide bonds. The van der Waals surface area contributed by atoms with E-state index < -0.39 is 5.97 Å². The van der Waals surface area contributed by atoms with E-state index in [0.717, 1.165) is 22.3 Å². The van der Waals surface area contributed by atoms with E-state index in [1.807, 2.05) is 42.7 Å². The Morgan fingerprint density at radius 1 is 1.39 bits per heavy atom. The van der Waals surface area contributed by atoms with Gasteiger partial charge in [-0.1, -0.05) is 0 Å². The second kappa shape index (κ2) is 4.72. The smallest absolute Gasteiger partial charge is 0.309 e. The van der Waals surface area contributed by atoms with E-state index >= 15 is 0 Å². The SMILES string of the molecule is COc1ccc2cc(CC(=O)O)n(C(C)C)c2c1. The molecule has 0 bridgehead atoms. The number of carboxylic acids is 1. The number of carboxylic acid groups (broad SMARTS) is 1. The van der Waals surface area contributed by atoms with Crippen molar-refractivity contribution >= 4 is 16.9 Å². The van der Waals surface area contributed by atoms with E-state index in [-0.39, 0.29) is 12.5 Å². The van der Waals surface area contributed by atoms with Gasteiger partial charge in [0.25, 0.3) is 0 Å². The van der Waals surface area contributed by atoms with Crippen LogP contribution in [-0.4, -0.2) is 22.8 Å². The van der Waals surface area contributed by atoms with Gasteiger partial charge < -0.3 is 14.4 Å². The molecule has 0 aliphatic carbocycles. The van der Waals surface area contributed by atoms with Crippen LogP contribution in [0.4, 0.5) is 0 Å². The Bertz CT molecular complexity index is 584. The summed E-state index contributed by atoms with van der Waals surface area (Å²) in [7, 11) is 1.63. The summed E-state index contributed by atoms with van der Waals surface area (Å²) in [5, 5.41) is 10.0. The number of methoxy groups -OCH3 is 1. The Morgan fingerprint density at radius 2 is 2.11 bits per heavy atom. The summed E-state index contributed by atoms with van der Waals surface area (Å²) >= 11 is 0. The quantitative estimate of drug-likeness (QED) is 0.903. The number of fused-ring (bicyclic) bond motifs is 1.